The summed E-state index contributed by atoms with van der Waals surface area (Å²) in [7, 11) is 0. The molecule has 0 aliphatic rings. The Labute approximate surface area is 131 Å². The molecule has 19 heavy (non-hydrogen) atoms. The third-order valence-corrected chi connectivity index (χ3v) is 4.10. The van der Waals surface area contributed by atoms with E-state index in [2.05, 4.69) is 36.8 Å². The van der Waals surface area contributed by atoms with Gasteiger partial charge in [-0.05, 0) is 40.2 Å². The Morgan fingerprint density at radius 1 is 1.21 bits per heavy atom. The standard InChI is InChI=1S/C13H7Br2ClN2O/c14-6-4-7(11(17)8(15)5-6)13-18-10-3-1-2-9(16)12(10)19-13/h1-5H,17H2. The maximum Gasteiger partial charge on any atom is 0.229 e. The van der Waals surface area contributed by atoms with Crippen LogP contribution in [0.2, 0.25) is 5.02 Å². The number of nitrogen functional groups attached to an aromatic ring is 1. The summed E-state index contributed by atoms with van der Waals surface area (Å²) in [4.78, 5) is 4.41. The smallest absolute Gasteiger partial charge is 0.229 e. The van der Waals surface area contributed by atoms with E-state index >= 15 is 0 Å². The summed E-state index contributed by atoms with van der Waals surface area (Å²) in [5, 5.41) is 0.531. The van der Waals surface area contributed by atoms with Crippen LogP contribution < -0.4 is 5.73 Å². The zero-order valence-corrected chi connectivity index (χ0v) is 13.4. The first-order valence-electron chi connectivity index (χ1n) is 5.36. The zero-order valence-electron chi connectivity index (χ0n) is 9.45. The fourth-order valence-corrected chi connectivity index (χ4v) is 3.23. The molecule has 2 N–H and O–H groups in total. The van der Waals surface area contributed by atoms with Crippen LogP contribution in [0.1, 0.15) is 0 Å². The molecule has 0 spiro atoms. The van der Waals surface area contributed by atoms with Gasteiger partial charge in [-0.3, -0.25) is 0 Å². The molecule has 0 radical (unpaired) electrons. The van der Waals surface area contributed by atoms with Gasteiger partial charge in [0.25, 0.3) is 0 Å². The average Bonchev–Trinajstić information content (AvgIpc) is 2.79. The van der Waals surface area contributed by atoms with Crippen LogP contribution in [0, 0.1) is 0 Å². The number of aromatic nitrogens is 1. The molecule has 0 fully saturated rings. The molecule has 0 saturated heterocycles. The first-order chi connectivity index (χ1) is 9.06. The number of oxazole rings is 1. The third-order valence-electron chi connectivity index (χ3n) is 2.69. The Morgan fingerprint density at radius 2 is 2.00 bits per heavy atom. The van der Waals surface area contributed by atoms with Crippen molar-refractivity contribution in [2.24, 2.45) is 0 Å². The Bertz CT molecular complexity index is 786. The highest BCUT2D eigenvalue weighted by Crippen LogP contribution is 2.37. The van der Waals surface area contributed by atoms with E-state index in [0.717, 1.165) is 8.95 Å². The van der Waals surface area contributed by atoms with Gasteiger partial charge >= 0.3 is 0 Å². The van der Waals surface area contributed by atoms with Crippen molar-refractivity contribution in [3.8, 4) is 11.5 Å². The number of benzene rings is 2. The number of hydrogen-bond acceptors (Lipinski definition) is 3. The summed E-state index contributed by atoms with van der Waals surface area (Å²) >= 11 is 12.9. The normalized spacial score (nSPS) is 11.1. The lowest BCUT2D eigenvalue weighted by atomic mass is 10.2. The molecule has 2 aromatic carbocycles. The van der Waals surface area contributed by atoms with E-state index in [0.29, 0.717) is 33.3 Å². The Kier molecular flexibility index (Phi) is 3.28. The van der Waals surface area contributed by atoms with Gasteiger partial charge < -0.3 is 10.2 Å². The summed E-state index contributed by atoms with van der Waals surface area (Å²) in [6, 6.07) is 9.17. The predicted octanol–water partition coefficient (Wildman–Crippen LogP) is 5.26. The second kappa shape index (κ2) is 4.81. The van der Waals surface area contributed by atoms with E-state index in [1.807, 2.05) is 24.3 Å². The van der Waals surface area contributed by atoms with Crippen LogP contribution >= 0.6 is 43.5 Å². The van der Waals surface area contributed by atoms with E-state index < -0.39 is 0 Å². The van der Waals surface area contributed by atoms with Crippen molar-refractivity contribution in [2.45, 2.75) is 0 Å². The Balaban J connectivity index is 2.28. The van der Waals surface area contributed by atoms with Gasteiger partial charge in [-0.2, -0.15) is 0 Å². The largest absolute Gasteiger partial charge is 0.434 e. The first-order valence-corrected chi connectivity index (χ1v) is 7.32. The van der Waals surface area contributed by atoms with E-state index in [4.69, 9.17) is 21.8 Å². The first kappa shape index (κ1) is 13.0. The van der Waals surface area contributed by atoms with Gasteiger partial charge in [-0.1, -0.05) is 33.6 Å². The molecule has 1 heterocycles. The molecule has 0 unspecified atom stereocenters. The van der Waals surface area contributed by atoms with Gasteiger partial charge in [0.05, 0.1) is 16.3 Å². The lowest BCUT2D eigenvalue weighted by Gasteiger charge is -2.04. The van der Waals surface area contributed by atoms with Gasteiger partial charge in [0.2, 0.25) is 5.89 Å². The van der Waals surface area contributed by atoms with E-state index in [-0.39, 0.29) is 0 Å². The van der Waals surface area contributed by atoms with E-state index in [1.54, 1.807) is 6.07 Å². The number of nitrogens with two attached hydrogens (primary N) is 1. The number of anilines is 1. The van der Waals surface area contributed by atoms with Crippen LogP contribution in [0.4, 0.5) is 5.69 Å². The molecule has 0 aliphatic heterocycles. The summed E-state index contributed by atoms with van der Waals surface area (Å²) in [6.07, 6.45) is 0. The van der Waals surface area contributed by atoms with Crippen molar-refractivity contribution >= 4 is 60.2 Å². The van der Waals surface area contributed by atoms with Crippen LogP contribution in [0.15, 0.2) is 43.7 Å². The highest BCUT2D eigenvalue weighted by atomic mass is 79.9. The molecule has 3 rings (SSSR count). The number of hydrogen-bond donors (Lipinski definition) is 1. The fraction of sp³-hybridized carbons (Fsp3) is 0. The maximum atomic E-state index is 6.08. The summed E-state index contributed by atoms with van der Waals surface area (Å²) < 4.78 is 7.38. The van der Waals surface area contributed by atoms with Gasteiger partial charge in [0.1, 0.15) is 5.52 Å². The highest BCUT2D eigenvalue weighted by molar-refractivity contribution is 9.11. The molecule has 6 heteroatoms. The molecule has 0 amide bonds. The van der Waals surface area contributed by atoms with Crippen molar-refractivity contribution in [1.29, 1.82) is 0 Å². The highest BCUT2D eigenvalue weighted by Gasteiger charge is 2.15. The van der Waals surface area contributed by atoms with Gasteiger partial charge in [-0.25, -0.2) is 4.98 Å². The molecule has 3 nitrogen and oxygen atoms in total. The quantitative estimate of drug-likeness (QED) is 0.565. The number of rotatable bonds is 1. The lowest BCUT2D eigenvalue weighted by Crippen LogP contribution is -1.92. The molecular formula is C13H7Br2ClN2O. The van der Waals surface area contributed by atoms with Crippen molar-refractivity contribution in [3.05, 3.63) is 44.3 Å². The van der Waals surface area contributed by atoms with Crippen LogP contribution in [0.3, 0.4) is 0 Å². The fourth-order valence-electron chi connectivity index (χ4n) is 1.79. The minimum Gasteiger partial charge on any atom is -0.434 e. The molecular weight excluding hydrogens is 395 g/mol. The van der Waals surface area contributed by atoms with Gasteiger partial charge in [-0.15, -0.1) is 0 Å². The SMILES string of the molecule is Nc1c(Br)cc(Br)cc1-c1nc2cccc(Cl)c2o1. The number of halogens is 3. The average molecular weight is 402 g/mol. The minimum atomic E-state index is 0.447. The lowest BCUT2D eigenvalue weighted by molar-refractivity contribution is 0.620. The molecule has 0 bridgehead atoms. The number of nitrogens with zero attached hydrogens (tertiary/aromatic N) is 1. The number of fused-ring (bicyclic) bond motifs is 1. The monoisotopic (exact) mass is 400 g/mol. The minimum absolute atomic E-state index is 0.447. The summed E-state index contributed by atoms with van der Waals surface area (Å²) in [5.74, 6) is 0.447. The third kappa shape index (κ3) is 2.26. The van der Waals surface area contributed by atoms with Gasteiger partial charge in [0, 0.05) is 8.95 Å². The Hall–Kier alpha value is -1.04. The molecule has 96 valence electrons. The van der Waals surface area contributed by atoms with Crippen molar-refractivity contribution in [2.75, 3.05) is 5.73 Å². The second-order valence-corrected chi connectivity index (χ2v) is 6.13. The van der Waals surface area contributed by atoms with Crippen LogP contribution in [-0.2, 0) is 0 Å². The molecule has 3 aromatic rings. The van der Waals surface area contributed by atoms with Crippen LogP contribution in [0.5, 0.6) is 0 Å². The van der Waals surface area contributed by atoms with Crippen molar-refractivity contribution < 1.29 is 4.42 Å². The van der Waals surface area contributed by atoms with Gasteiger partial charge in [0.15, 0.2) is 5.58 Å². The van der Waals surface area contributed by atoms with Crippen molar-refractivity contribution in [3.63, 3.8) is 0 Å². The topological polar surface area (TPSA) is 52.0 Å². The molecule has 0 aliphatic carbocycles. The maximum absolute atomic E-state index is 6.08. The van der Waals surface area contributed by atoms with Crippen molar-refractivity contribution in [1.82, 2.24) is 4.98 Å². The number of para-hydroxylation sites is 1. The van der Waals surface area contributed by atoms with Crippen LogP contribution in [0.25, 0.3) is 22.6 Å². The van der Waals surface area contributed by atoms with Crippen LogP contribution in [-0.4, -0.2) is 4.98 Å². The second-order valence-electron chi connectivity index (χ2n) is 3.96. The summed E-state index contributed by atoms with van der Waals surface area (Å²) in [6.45, 7) is 0. The molecule has 1 aromatic heterocycles. The summed E-state index contributed by atoms with van der Waals surface area (Å²) in [5.41, 5.74) is 8.60. The predicted molar refractivity (Wildman–Crippen MR) is 84.3 cm³/mol. The molecule has 0 saturated carbocycles. The Morgan fingerprint density at radius 3 is 2.74 bits per heavy atom. The van der Waals surface area contributed by atoms with E-state index in [9.17, 15) is 0 Å². The zero-order chi connectivity index (χ0) is 13.6. The van der Waals surface area contributed by atoms with E-state index in [1.165, 1.54) is 0 Å². The molecule has 0 atom stereocenters.